The number of rotatable bonds is 3. The van der Waals surface area contributed by atoms with Crippen molar-refractivity contribution in [1.82, 2.24) is 24.9 Å². The van der Waals surface area contributed by atoms with Crippen molar-refractivity contribution < 1.29 is 4.79 Å². The van der Waals surface area contributed by atoms with Crippen molar-refractivity contribution in [2.75, 3.05) is 23.3 Å². The summed E-state index contributed by atoms with van der Waals surface area (Å²) in [6.07, 6.45) is 8.25. The first-order valence-corrected chi connectivity index (χ1v) is 7.91. The van der Waals surface area contributed by atoms with E-state index in [0.29, 0.717) is 12.2 Å². The molecule has 8 nitrogen and oxygen atoms in total. The van der Waals surface area contributed by atoms with Crippen molar-refractivity contribution in [3.63, 3.8) is 0 Å². The Labute approximate surface area is 138 Å². The number of hydrogen-bond donors (Lipinski definition) is 2. The molecule has 1 atom stereocenters. The fourth-order valence-electron chi connectivity index (χ4n) is 3.06. The maximum absolute atomic E-state index is 12.5. The summed E-state index contributed by atoms with van der Waals surface area (Å²) in [7, 11) is 0. The number of piperidine rings is 1. The van der Waals surface area contributed by atoms with Crippen LogP contribution in [0.25, 0.3) is 11.2 Å². The fourth-order valence-corrected chi connectivity index (χ4v) is 3.06. The third-order valence-electron chi connectivity index (χ3n) is 4.22. The predicted molar refractivity (Wildman–Crippen MR) is 89.5 cm³/mol. The zero-order valence-corrected chi connectivity index (χ0v) is 13.0. The highest BCUT2D eigenvalue weighted by atomic mass is 16.1. The Kier molecular flexibility index (Phi) is 3.78. The van der Waals surface area contributed by atoms with E-state index in [1.807, 2.05) is 6.07 Å². The summed E-state index contributed by atoms with van der Waals surface area (Å²) in [5.41, 5.74) is 2.17. The fraction of sp³-hybridized carbons (Fsp3) is 0.312. The molecule has 1 fully saturated rings. The van der Waals surface area contributed by atoms with Gasteiger partial charge in [0.05, 0.1) is 24.1 Å². The van der Waals surface area contributed by atoms with Gasteiger partial charge in [0.1, 0.15) is 11.8 Å². The Bertz CT molecular complexity index is 848. The molecule has 3 aromatic heterocycles. The minimum absolute atomic E-state index is 0.0163. The van der Waals surface area contributed by atoms with E-state index in [-0.39, 0.29) is 11.8 Å². The molecular weight excluding hydrogens is 306 g/mol. The number of anilines is 2. The molecule has 3 aromatic rings. The van der Waals surface area contributed by atoms with Crippen LogP contribution >= 0.6 is 0 Å². The second kappa shape index (κ2) is 6.23. The summed E-state index contributed by atoms with van der Waals surface area (Å²) in [4.78, 5) is 34.5. The quantitative estimate of drug-likeness (QED) is 0.759. The van der Waals surface area contributed by atoms with Gasteiger partial charge >= 0.3 is 0 Å². The first-order valence-electron chi connectivity index (χ1n) is 7.91. The van der Waals surface area contributed by atoms with Gasteiger partial charge in [-0.3, -0.25) is 9.78 Å². The van der Waals surface area contributed by atoms with E-state index in [0.717, 1.165) is 36.4 Å². The monoisotopic (exact) mass is 323 g/mol. The largest absolute Gasteiger partial charge is 0.354 e. The summed E-state index contributed by atoms with van der Waals surface area (Å²) in [6.45, 7) is 1.49. The zero-order chi connectivity index (χ0) is 16.4. The molecule has 4 heterocycles. The highest BCUT2D eigenvalue weighted by molar-refractivity contribution is 5.93. The van der Waals surface area contributed by atoms with Crippen LogP contribution in [0.15, 0.2) is 37.2 Å². The van der Waals surface area contributed by atoms with Crippen LogP contribution in [0.4, 0.5) is 11.5 Å². The van der Waals surface area contributed by atoms with Crippen LogP contribution in [0.3, 0.4) is 0 Å². The summed E-state index contributed by atoms with van der Waals surface area (Å²) in [5, 5.41) is 2.93. The van der Waals surface area contributed by atoms with Gasteiger partial charge in [-0.15, -0.1) is 0 Å². The van der Waals surface area contributed by atoms with Crippen molar-refractivity contribution in [2.24, 2.45) is 5.92 Å². The molecule has 0 spiro atoms. The normalized spacial score (nSPS) is 17.8. The van der Waals surface area contributed by atoms with Crippen molar-refractivity contribution >= 4 is 28.6 Å². The molecule has 1 aliphatic rings. The molecule has 0 aromatic carbocycles. The van der Waals surface area contributed by atoms with Crippen LogP contribution < -0.4 is 10.2 Å². The van der Waals surface area contributed by atoms with Crippen LogP contribution in [-0.4, -0.2) is 43.9 Å². The van der Waals surface area contributed by atoms with E-state index in [4.69, 9.17) is 0 Å². The SMILES string of the molecule is O=C(Nc1cccnc1)[C@@H]1CCCN(c2ncnc3nc[nH]c23)C1. The zero-order valence-electron chi connectivity index (χ0n) is 13.0. The standard InChI is InChI=1S/C16H17N7O/c24-16(22-12-4-1-5-17-7-12)11-3-2-6-23(8-11)15-13-14(19-9-18-13)20-10-21-15/h1,4-5,7,9-11H,2-3,6,8H2,(H,22,24)(H,18,19,20,21)/t11-/m1/s1. The van der Waals surface area contributed by atoms with Crippen molar-refractivity contribution in [3.8, 4) is 0 Å². The van der Waals surface area contributed by atoms with Gasteiger partial charge in [-0.1, -0.05) is 0 Å². The molecule has 24 heavy (non-hydrogen) atoms. The third-order valence-corrected chi connectivity index (χ3v) is 4.22. The Balaban J connectivity index is 1.51. The topological polar surface area (TPSA) is 99.7 Å². The molecule has 0 bridgehead atoms. The van der Waals surface area contributed by atoms with Gasteiger partial charge in [0.2, 0.25) is 5.91 Å². The van der Waals surface area contributed by atoms with Gasteiger partial charge in [-0.25, -0.2) is 15.0 Å². The summed E-state index contributed by atoms with van der Waals surface area (Å²) in [6, 6.07) is 3.64. The molecule has 2 N–H and O–H groups in total. The number of hydrogen-bond acceptors (Lipinski definition) is 6. The predicted octanol–water partition coefficient (Wildman–Crippen LogP) is 1.60. The number of fused-ring (bicyclic) bond motifs is 1. The van der Waals surface area contributed by atoms with Crippen molar-refractivity contribution in [2.45, 2.75) is 12.8 Å². The summed E-state index contributed by atoms with van der Waals surface area (Å²) >= 11 is 0. The lowest BCUT2D eigenvalue weighted by molar-refractivity contribution is -0.120. The minimum Gasteiger partial charge on any atom is -0.354 e. The van der Waals surface area contributed by atoms with Crippen LogP contribution in [0.1, 0.15) is 12.8 Å². The minimum atomic E-state index is -0.0908. The number of pyridine rings is 1. The lowest BCUT2D eigenvalue weighted by Gasteiger charge is -2.32. The molecule has 0 saturated carbocycles. The highest BCUT2D eigenvalue weighted by Gasteiger charge is 2.28. The number of nitrogens with one attached hydrogen (secondary N) is 2. The third kappa shape index (κ3) is 2.78. The Morgan fingerprint density at radius 2 is 2.29 bits per heavy atom. The lowest BCUT2D eigenvalue weighted by Crippen LogP contribution is -2.41. The van der Waals surface area contributed by atoms with E-state index in [2.05, 4.69) is 35.1 Å². The number of aromatic amines is 1. The number of imidazole rings is 1. The Morgan fingerprint density at radius 1 is 1.33 bits per heavy atom. The van der Waals surface area contributed by atoms with Gasteiger partial charge in [0, 0.05) is 19.3 Å². The van der Waals surface area contributed by atoms with Crippen molar-refractivity contribution in [3.05, 3.63) is 37.2 Å². The average Bonchev–Trinajstić information content (AvgIpc) is 3.11. The number of carbonyl (C=O) groups excluding carboxylic acids is 1. The molecule has 1 amide bonds. The maximum Gasteiger partial charge on any atom is 0.229 e. The second-order valence-corrected chi connectivity index (χ2v) is 5.81. The number of carbonyl (C=O) groups is 1. The number of nitrogens with zero attached hydrogens (tertiary/aromatic N) is 5. The van der Waals surface area contributed by atoms with E-state index in [1.54, 1.807) is 24.8 Å². The van der Waals surface area contributed by atoms with E-state index in [9.17, 15) is 4.79 Å². The van der Waals surface area contributed by atoms with Gasteiger partial charge in [0.15, 0.2) is 11.5 Å². The Hall–Kier alpha value is -3.03. The second-order valence-electron chi connectivity index (χ2n) is 5.81. The smallest absolute Gasteiger partial charge is 0.229 e. The molecule has 0 unspecified atom stereocenters. The molecule has 4 rings (SSSR count). The number of H-pyrrole nitrogens is 1. The molecule has 1 saturated heterocycles. The van der Waals surface area contributed by atoms with Gasteiger partial charge < -0.3 is 15.2 Å². The molecule has 122 valence electrons. The summed E-state index contributed by atoms with van der Waals surface area (Å²) < 4.78 is 0. The van der Waals surface area contributed by atoms with Crippen molar-refractivity contribution in [1.29, 1.82) is 0 Å². The lowest BCUT2D eigenvalue weighted by atomic mass is 9.97. The molecule has 0 radical (unpaired) electrons. The van der Waals surface area contributed by atoms with Gasteiger partial charge in [-0.05, 0) is 25.0 Å². The first kappa shape index (κ1) is 14.6. The average molecular weight is 323 g/mol. The number of aromatic nitrogens is 5. The molecular formula is C16H17N7O. The van der Waals surface area contributed by atoms with Gasteiger partial charge in [0.25, 0.3) is 0 Å². The van der Waals surface area contributed by atoms with Crippen LogP contribution in [0, 0.1) is 5.92 Å². The molecule has 1 aliphatic heterocycles. The van der Waals surface area contributed by atoms with Crippen LogP contribution in [0.5, 0.6) is 0 Å². The first-order chi connectivity index (χ1) is 11.8. The maximum atomic E-state index is 12.5. The number of amides is 1. The molecule has 8 heteroatoms. The summed E-state index contributed by atoms with van der Waals surface area (Å²) in [5.74, 6) is 0.728. The van der Waals surface area contributed by atoms with E-state index < -0.39 is 0 Å². The Morgan fingerprint density at radius 3 is 3.17 bits per heavy atom. The van der Waals surface area contributed by atoms with Crippen LogP contribution in [-0.2, 0) is 4.79 Å². The van der Waals surface area contributed by atoms with E-state index >= 15 is 0 Å². The van der Waals surface area contributed by atoms with Crippen LogP contribution in [0.2, 0.25) is 0 Å². The van der Waals surface area contributed by atoms with Gasteiger partial charge in [-0.2, -0.15) is 0 Å². The highest BCUT2D eigenvalue weighted by Crippen LogP contribution is 2.26. The van der Waals surface area contributed by atoms with E-state index in [1.165, 1.54) is 6.33 Å². The molecule has 0 aliphatic carbocycles.